The van der Waals surface area contributed by atoms with Crippen molar-refractivity contribution in [3.05, 3.63) is 53.6 Å². The average Bonchev–Trinajstić information content (AvgIpc) is 2.47. The van der Waals surface area contributed by atoms with Crippen LogP contribution in [0.15, 0.2) is 42.5 Å². The molecule has 0 aliphatic carbocycles. The van der Waals surface area contributed by atoms with Crippen molar-refractivity contribution in [1.82, 2.24) is 0 Å². The summed E-state index contributed by atoms with van der Waals surface area (Å²) >= 11 is 0. The van der Waals surface area contributed by atoms with Crippen molar-refractivity contribution in [2.24, 2.45) is 0 Å². The Morgan fingerprint density at radius 2 is 1.62 bits per heavy atom. The van der Waals surface area contributed by atoms with Gasteiger partial charge in [0, 0.05) is 0 Å². The summed E-state index contributed by atoms with van der Waals surface area (Å²) in [6, 6.07) is 11.9. The van der Waals surface area contributed by atoms with E-state index in [1.165, 1.54) is 12.1 Å². The van der Waals surface area contributed by atoms with Gasteiger partial charge in [-0.2, -0.15) is 0 Å². The number of hydrogen-bond acceptors (Lipinski definition) is 3. The van der Waals surface area contributed by atoms with Crippen LogP contribution in [0.3, 0.4) is 0 Å². The second kappa shape index (κ2) is 6.09. The van der Waals surface area contributed by atoms with E-state index < -0.39 is 11.9 Å². The molecular formula is C16H14O5. The molecule has 21 heavy (non-hydrogen) atoms. The van der Waals surface area contributed by atoms with Crippen molar-refractivity contribution in [3.8, 4) is 16.9 Å². The van der Waals surface area contributed by atoms with E-state index in [9.17, 15) is 14.7 Å². The Balaban J connectivity index is 2.43. The van der Waals surface area contributed by atoms with Gasteiger partial charge in [-0.05, 0) is 34.9 Å². The minimum atomic E-state index is -1.14. The Bertz CT molecular complexity index is 674. The van der Waals surface area contributed by atoms with E-state index in [2.05, 4.69) is 0 Å². The van der Waals surface area contributed by atoms with Gasteiger partial charge in [0.25, 0.3) is 0 Å². The quantitative estimate of drug-likeness (QED) is 0.882. The van der Waals surface area contributed by atoms with Gasteiger partial charge < -0.3 is 14.9 Å². The minimum Gasteiger partial charge on any atom is -0.497 e. The summed E-state index contributed by atoms with van der Waals surface area (Å²) in [4.78, 5) is 22.0. The third-order valence-electron chi connectivity index (χ3n) is 3.11. The number of carboxylic acids is 2. The molecule has 0 aliphatic rings. The fraction of sp³-hybridized carbons (Fsp3) is 0.125. The zero-order chi connectivity index (χ0) is 15.4. The summed E-state index contributed by atoms with van der Waals surface area (Å²) in [5.41, 5.74) is 1.84. The second-order valence-electron chi connectivity index (χ2n) is 4.48. The number of methoxy groups -OCH3 is 1. The van der Waals surface area contributed by atoms with E-state index >= 15 is 0 Å². The van der Waals surface area contributed by atoms with E-state index in [0.29, 0.717) is 11.3 Å². The Kier molecular flexibility index (Phi) is 4.23. The molecule has 0 aromatic heterocycles. The highest BCUT2D eigenvalue weighted by Crippen LogP contribution is 2.25. The third kappa shape index (κ3) is 3.39. The normalized spacial score (nSPS) is 10.1. The smallest absolute Gasteiger partial charge is 0.336 e. The monoisotopic (exact) mass is 286 g/mol. The first-order valence-corrected chi connectivity index (χ1v) is 6.23. The van der Waals surface area contributed by atoms with Gasteiger partial charge in [-0.15, -0.1) is 0 Å². The van der Waals surface area contributed by atoms with Gasteiger partial charge in [-0.25, -0.2) is 4.79 Å². The SMILES string of the molecule is COc1ccc(-c2ccc(CC(=O)O)c(C(=O)O)c2)cc1. The van der Waals surface area contributed by atoms with Crippen molar-refractivity contribution in [3.63, 3.8) is 0 Å². The Hall–Kier alpha value is -2.82. The predicted octanol–water partition coefficient (Wildman–Crippen LogP) is 2.69. The lowest BCUT2D eigenvalue weighted by Crippen LogP contribution is -2.08. The standard InChI is InChI=1S/C16H14O5/c1-21-13-6-4-10(5-7-13)11-2-3-12(9-15(17)18)14(8-11)16(19)20/h2-8H,9H2,1H3,(H,17,18)(H,19,20). The van der Waals surface area contributed by atoms with Crippen LogP contribution in [0.1, 0.15) is 15.9 Å². The minimum absolute atomic E-state index is 0.00529. The van der Waals surface area contributed by atoms with Crippen molar-refractivity contribution in [2.45, 2.75) is 6.42 Å². The van der Waals surface area contributed by atoms with Crippen LogP contribution >= 0.6 is 0 Å². The molecule has 0 fully saturated rings. The van der Waals surface area contributed by atoms with E-state index in [-0.39, 0.29) is 17.5 Å². The maximum Gasteiger partial charge on any atom is 0.336 e. The van der Waals surface area contributed by atoms with Gasteiger partial charge >= 0.3 is 11.9 Å². The lowest BCUT2D eigenvalue weighted by Gasteiger charge is -2.08. The number of aliphatic carboxylic acids is 1. The zero-order valence-corrected chi connectivity index (χ0v) is 11.4. The average molecular weight is 286 g/mol. The first-order valence-electron chi connectivity index (χ1n) is 6.23. The number of aromatic carboxylic acids is 1. The summed E-state index contributed by atoms with van der Waals surface area (Å²) in [5, 5.41) is 18.0. The van der Waals surface area contributed by atoms with Crippen LogP contribution in [0.2, 0.25) is 0 Å². The molecule has 108 valence electrons. The molecule has 0 spiro atoms. The summed E-state index contributed by atoms with van der Waals surface area (Å²) in [7, 11) is 1.57. The molecule has 0 radical (unpaired) electrons. The highest BCUT2D eigenvalue weighted by Gasteiger charge is 2.14. The lowest BCUT2D eigenvalue weighted by molar-refractivity contribution is -0.136. The topological polar surface area (TPSA) is 83.8 Å². The first kappa shape index (κ1) is 14.6. The van der Waals surface area contributed by atoms with Crippen LogP contribution in [0.4, 0.5) is 0 Å². The molecule has 2 aromatic carbocycles. The maximum absolute atomic E-state index is 11.3. The summed E-state index contributed by atoms with van der Waals surface area (Å²) in [6.45, 7) is 0. The van der Waals surface area contributed by atoms with Gasteiger partial charge in [-0.1, -0.05) is 24.3 Å². The molecular weight excluding hydrogens is 272 g/mol. The van der Waals surface area contributed by atoms with Crippen LogP contribution in [-0.2, 0) is 11.2 Å². The molecule has 5 heteroatoms. The number of benzene rings is 2. The number of hydrogen-bond donors (Lipinski definition) is 2. The van der Waals surface area contributed by atoms with Gasteiger partial charge in [0.2, 0.25) is 0 Å². The van der Waals surface area contributed by atoms with Crippen molar-refractivity contribution >= 4 is 11.9 Å². The fourth-order valence-corrected chi connectivity index (χ4v) is 2.06. The molecule has 0 saturated carbocycles. The van der Waals surface area contributed by atoms with Crippen molar-refractivity contribution in [1.29, 1.82) is 0 Å². The van der Waals surface area contributed by atoms with E-state index in [4.69, 9.17) is 9.84 Å². The summed E-state index contributed by atoms with van der Waals surface area (Å²) < 4.78 is 5.07. The predicted molar refractivity (Wildman–Crippen MR) is 76.7 cm³/mol. The van der Waals surface area contributed by atoms with E-state index in [1.54, 1.807) is 25.3 Å². The van der Waals surface area contributed by atoms with Crippen molar-refractivity contribution in [2.75, 3.05) is 7.11 Å². The molecule has 5 nitrogen and oxygen atoms in total. The Morgan fingerprint density at radius 1 is 1.00 bits per heavy atom. The Morgan fingerprint density at radius 3 is 2.14 bits per heavy atom. The summed E-state index contributed by atoms with van der Waals surface area (Å²) in [6.07, 6.45) is -0.315. The van der Waals surface area contributed by atoms with Gasteiger partial charge in [0.05, 0.1) is 19.1 Å². The number of carboxylic acid groups (broad SMARTS) is 2. The van der Waals surface area contributed by atoms with E-state index in [1.807, 2.05) is 12.1 Å². The Labute approximate surface area is 121 Å². The number of ether oxygens (including phenoxy) is 1. The van der Waals surface area contributed by atoms with Crippen LogP contribution in [0, 0.1) is 0 Å². The molecule has 2 N–H and O–H groups in total. The van der Waals surface area contributed by atoms with Gasteiger partial charge in [0.1, 0.15) is 5.75 Å². The molecule has 0 aliphatic heterocycles. The third-order valence-corrected chi connectivity index (χ3v) is 3.11. The maximum atomic E-state index is 11.3. The highest BCUT2D eigenvalue weighted by atomic mass is 16.5. The molecule has 0 atom stereocenters. The molecule has 2 rings (SSSR count). The molecule has 0 bridgehead atoms. The fourth-order valence-electron chi connectivity index (χ4n) is 2.06. The largest absolute Gasteiger partial charge is 0.497 e. The lowest BCUT2D eigenvalue weighted by atomic mass is 9.97. The molecule has 2 aromatic rings. The second-order valence-corrected chi connectivity index (χ2v) is 4.48. The van der Waals surface area contributed by atoms with Crippen molar-refractivity contribution < 1.29 is 24.5 Å². The first-order chi connectivity index (χ1) is 10.0. The van der Waals surface area contributed by atoms with Gasteiger partial charge in [0.15, 0.2) is 0 Å². The van der Waals surface area contributed by atoms with Gasteiger partial charge in [-0.3, -0.25) is 4.79 Å². The van der Waals surface area contributed by atoms with Crippen LogP contribution in [-0.4, -0.2) is 29.3 Å². The molecule has 0 heterocycles. The van der Waals surface area contributed by atoms with Crippen LogP contribution in [0.5, 0.6) is 5.75 Å². The van der Waals surface area contributed by atoms with E-state index in [0.717, 1.165) is 5.56 Å². The summed E-state index contributed by atoms with van der Waals surface area (Å²) in [5.74, 6) is -1.49. The zero-order valence-electron chi connectivity index (χ0n) is 11.4. The number of carbonyl (C=O) groups is 2. The highest BCUT2D eigenvalue weighted by molar-refractivity contribution is 5.92. The van der Waals surface area contributed by atoms with Crippen LogP contribution < -0.4 is 4.74 Å². The van der Waals surface area contributed by atoms with Crippen LogP contribution in [0.25, 0.3) is 11.1 Å². The number of rotatable bonds is 5. The molecule has 0 saturated heterocycles. The molecule has 0 unspecified atom stereocenters. The molecule has 0 amide bonds.